The summed E-state index contributed by atoms with van der Waals surface area (Å²) in [4.78, 5) is 71.6. The van der Waals surface area contributed by atoms with Crippen LogP contribution in [0.4, 0.5) is 0 Å². The molecular formula is C12H12N4O6. The number of hydrogen-bond donors (Lipinski definition) is 0. The molecule has 22 heavy (non-hydrogen) atoms. The molecule has 3 rings (SSSR count). The Morgan fingerprint density at radius 2 is 0.636 bits per heavy atom. The molecule has 0 aliphatic carbocycles. The van der Waals surface area contributed by atoms with Crippen molar-refractivity contribution in [1.29, 1.82) is 0 Å². The second-order valence-electron chi connectivity index (χ2n) is 5.07. The Labute approximate surface area is 124 Å². The predicted molar refractivity (Wildman–Crippen MR) is 65.1 cm³/mol. The molecule has 0 bridgehead atoms. The van der Waals surface area contributed by atoms with Crippen LogP contribution in [0.15, 0.2) is 0 Å². The van der Waals surface area contributed by atoms with Crippen LogP contribution in [0.1, 0.15) is 38.5 Å². The molecule has 0 aromatic heterocycles. The van der Waals surface area contributed by atoms with Gasteiger partial charge in [0.1, 0.15) is 0 Å². The third-order valence-electron chi connectivity index (χ3n) is 3.61. The summed E-state index contributed by atoms with van der Waals surface area (Å²) in [5.41, 5.74) is 0. The highest BCUT2D eigenvalue weighted by atomic mass is 16.3. The van der Waals surface area contributed by atoms with Gasteiger partial charge in [-0.25, -0.2) is 0 Å². The molecule has 0 spiro atoms. The van der Waals surface area contributed by atoms with Gasteiger partial charge < -0.3 is 0 Å². The highest BCUT2D eigenvalue weighted by Gasteiger charge is 2.50. The van der Waals surface area contributed by atoms with Gasteiger partial charge in [-0.05, 0) is 5.23 Å². The highest BCUT2D eigenvalue weighted by molar-refractivity contribution is 6.07. The summed E-state index contributed by atoms with van der Waals surface area (Å²) >= 11 is 0. The van der Waals surface area contributed by atoms with Crippen LogP contribution in [0.25, 0.3) is 0 Å². The van der Waals surface area contributed by atoms with Gasteiger partial charge in [-0.1, -0.05) is 0 Å². The summed E-state index contributed by atoms with van der Waals surface area (Å²) in [6, 6.07) is 0. The zero-order valence-electron chi connectivity index (χ0n) is 11.5. The van der Waals surface area contributed by atoms with E-state index in [1.54, 1.807) is 0 Å². The molecule has 3 aliphatic rings. The standard InChI is InChI=1S/C12H12N4O6/c17-7-1-2-8(18)13(7)16(14-9(19)3-4-10(14)20)15-11(21)5-6-12(15)22/h1-6H2. The van der Waals surface area contributed by atoms with E-state index < -0.39 is 35.4 Å². The molecule has 0 saturated carbocycles. The van der Waals surface area contributed by atoms with Crippen molar-refractivity contribution in [3.8, 4) is 0 Å². The summed E-state index contributed by atoms with van der Waals surface area (Å²) in [7, 11) is 0. The van der Waals surface area contributed by atoms with Crippen LogP contribution in [-0.4, -0.2) is 55.7 Å². The van der Waals surface area contributed by atoms with Crippen LogP contribution in [0, 0.1) is 0 Å². The molecule has 10 heteroatoms. The zero-order valence-corrected chi connectivity index (χ0v) is 11.5. The van der Waals surface area contributed by atoms with E-state index in [1.165, 1.54) is 0 Å². The summed E-state index contributed by atoms with van der Waals surface area (Å²) < 4.78 is 0. The van der Waals surface area contributed by atoms with Gasteiger partial charge in [0, 0.05) is 38.5 Å². The van der Waals surface area contributed by atoms with E-state index in [9.17, 15) is 28.8 Å². The second kappa shape index (κ2) is 4.98. The van der Waals surface area contributed by atoms with E-state index in [0.29, 0.717) is 20.3 Å². The zero-order chi connectivity index (χ0) is 16.0. The largest absolute Gasteiger partial charge is 0.273 e. The van der Waals surface area contributed by atoms with Crippen molar-refractivity contribution >= 4 is 35.4 Å². The molecule has 0 atom stereocenters. The minimum absolute atomic E-state index is 0.109. The van der Waals surface area contributed by atoms with Crippen LogP contribution in [0.5, 0.6) is 0 Å². The quantitative estimate of drug-likeness (QED) is 0.581. The number of carbonyl (C=O) groups excluding carboxylic acids is 6. The van der Waals surface area contributed by atoms with E-state index in [4.69, 9.17) is 0 Å². The Balaban J connectivity index is 2.06. The van der Waals surface area contributed by atoms with Crippen molar-refractivity contribution in [2.45, 2.75) is 38.5 Å². The molecule has 0 N–H and O–H groups in total. The van der Waals surface area contributed by atoms with Crippen LogP contribution in [-0.2, 0) is 28.8 Å². The summed E-state index contributed by atoms with van der Waals surface area (Å²) in [5.74, 6) is -4.06. The number of imide groups is 3. The van der Waals surface area contributed by atoms with Crippen molar-refractivity contribution in [1.82, 2.24) is 20.3 Å². The smallest absolute Gasteiger partial charge is 0.247 e. The number of amides is 6. The summed E-state index contributed by atoms with van der Waals surface area (Å²) in [6.07, 6.45) is -0.656. The molecule has 10 nitrogen and oxygen atoms in total. The van der Waals surface area contributed by atoms with Gasteiger partial charge in [-0.3, -0.25) is 28.8 Å². The van der Waals surface area contributed by atoms with Gasteiger partial charge in [-0.15, -0.1) is 0 Å². The first kappa shape index (κ1) is 14.3. The molecule has 0 aromatic carbocycles. The van der Waals surface area contributed by atoms with E-state index in [2.05, 4.69) is 0 Å². The Kier molecular flexibility index (Phi) is 3.24. The van der Waals surface area contributed by atoms with Crippen molar-refractivity contribution < 1.29 is 28.8 Å². The highest BCUT2D eigenvalue weighted by Crippen LogP contribution is 2.27. The van der Waals surface area contributed by atoms with Gasteiger partial charge in [-0.2, -0.15) is 15.0 Å². The third kappa shape index (κ3) is 1.99. The maximum Gasteiger partial charge on any atom is 0.247 e. The second-order valence-corrected chi connectivity index (χ2v) is 5.07. The Bertz CT molecular complexity index is 496. The minimum Gasteiger partial charge on any atom is -0.273 e. The van der Waals surface area contributed by atoms with Crippen LogP contribution in [0.2, 0.25) is 0 Å². The third-order valence-corrected chi connectivity index (χ3v) is 3.61. The maximum absolute atomic E-state index is 11.9. The van der Waals surface area contributed by atoms with Crippen molar-refractivity contribution in [2.24, 2.45) is 0 Å². The van der Waals surface area contributed by atoms with Gasteiger partial charge in [0.15, 0.2) is 0 Å². The molecule has 0 unspecified atom stereocenters. The van der Waals surface area contributed by atoms with Gasteiger partial charge in [0.2, 0.25) is 35.4 Å². The molecular weight excluding hydrogens is 296 g/mol. The lowest BCUT2D eigenvalue weighted by atomic mass is 10.4. The van der Waals surface area contributed by atoms with Crippen molar-refractivity contribution in [3.63, 3.8) is 0 Å². The van der Waals surface area contributed by atoms with E-state index >= 15 is 0 Å². The predicted octanol–water partition coefficient (Wildman–Crippen LogP) is -1.52. The van der Waals surface area contributed by atoms with E-state index in [-0.39, 0.29) is 38.5 Å². The van der Waals surface area contributed by atoms with E-state index in [0.717, 1.165) is 0 Å². The minimum atomic E-state index is -0.676. The SMILES string of the molecule is O=C1CCC(=O)N1N(N1C(=O)CCC1=O)N1C(=O)CCC1=O. The number of nitrogens with zero attached hydrogens (tertiary/aromatic N) is 4. The lowest BCUT2D eigenvalue weighted by Gasteiger charge is -2.38. The summed E-state index contributed by atoms with van der Waals surface area (Å²) in [5, 5.41) is 2.12. The first-order chi connectivity index (χ1) is 10.4. The average molecular weight is 308 g/mol. The first-order valence-corrected chi connectivity index (χ1v) is 6.79. The fourth-order valence-electron chi connectivity index (χ4n) is 2.56. The van der Waals surface area contributed by atoms with Gasteiger partial charge in [0.25, 0.3) is 0 Å². The topological polar surface area (TPSA) is 115 Å². The molecule has 0 radical (unpaired) electrons. The van der Waals surface area contributed by atoms with Gasteiger partial charge >= 0.3 is 0 Å². The molecule has 6 amide bonds. The molecule has 0 aromatic rings. The molecule has 3 fully saturated rings. The number of hydrazine groups is 3. The molecule has 3 saturated heterocycles. The van der Waals surface area contributed by atoms with Gasteiger partial charge in [0.05, 0.1) is 0 Å². The average Bonchev–Trinajstić information content (AvgIpc) is 3.08. The lowest BCUT2D eigenvalue weighted by Crippen LogP contribution is -2.65. The molecule has 3 heterocycles. The van der Waals surface area contributed by atoms with Crippen LogP contribution in [0.3, 0.4) is 0 Å². The van der Waals surface area contributed by atoms with Crippen molar-refractivity contribution in [2.75, 3.05) is 0 Å². The van der Waals surface area contributed by atoms with Crippen LogP contribution >= 0.6 is 0 Å². The fraction of sp³-hybridized carbons (Fsp3) is 0.500. The Morgan fingerprint density at radius 3 is 0.818 bits per heavy atom. The fourth-order valence-corrected chi connectivity index (χ4v) is 2.56. The summed E-state index contributed by atoms with van der Waals surface area (Å²) in [6.45, 7) is 0. The monoisotopic (exact) mass is 308 g/mol. The molecule has 116 valence electrons. The number of carbonyl (C=O) groups is 6. The van der Waals surface area contributed by atoms with Crippen molar-refractivity contribution in [3.05, 3.63) is 0 Å². The van der Waals surface area contributed by atoms with Crippen LogP contribution < -0.4 is 0 Å². The number of rotatable bonds is 3. The lowest BCUT2D eigenvalue weighted by molar-refractivity contribution is -0.251. The molecule has 3 aliphatic heterocycles. The Hall–Kier alpha value is -2.62. The maximum atomic E-state index is 11.9. The Morgan fingerprint density at radius 1 is 0.455 bits per heavy atom. The number of hydrogen-bond acceptors (Lipinski definition) is 7. The first-order valence-electron chi connectivity index (χ1n) is 6.79. The normalized spacial score (nSPS) is 23.0. The van der Waals surface area contributed by atoms with E-state index in [1.807, 2.05) is 0 Å².